The summed E-state index contributed by atoms with van der Waals surface area (Å²) >= 11 is 0. The number of aliphatic carboxylic acids is 1. The number of ether oxygens (including phenoxy) is 1. The Morgan fingerprint density at radius 3 is 2.59 bits per heavy atom. The van der Waals surface area contributed by atoms with Crippen molar-refractivity contribution >= 4 is 5.97 Å². The lowest BCUT2D eigenvalue weighted by atomic mass is 9.89. The Bertz CT molecular complexity index is 690. The summed E-state index contributed by atoms with van der Waals surface area (Å²) < 4.78 is 33.4. The molecular formula is C22H28F2O5. The van der Waals surface area contributed by atoms with E-state index >= 15 is 0 Å². The number of carbonyl (C=O) groups is 1. The molecule has 0 bridgehead atoms. The molecule has 0 aromatic heterocycles. The van der Waals surface area contributed by atoms with Gasteiger partial charge in [0, 0.05) is 18.8 Å². The predicted molar refractivity (Wildman–Crippen MR) is 105 cm³/mol. The van der Waals surface area contributed by atoms with Gasteiger partial charge in [0.05, 0.1) is 12.2 Å². The molecule has 7 heteroatoms. The summed E-state index contributed by atoms with van der Waals surface area (Å²) in [6.45, 7) is -0.812. The van der Waals surface area contributed by atoms with Crippen LogP contribution in [-0.4, -0.2) is 46.0 Å². The maximum atomic E-state index is 14.2. The van der Waals surface area contributed by atoms with Gasteiger partial charge in [-0.05, 0) is 43.4 Å². The van der Waals surface area contributed by atoms with Crippen LogP contribution in [0.25, 0.3) is 0 Å². The molecule has 1 aromatic carbocycles. The second-order valence-electron chi connectivity index (χ2n) is 7.33. The van der Waals surface area contributed by atoms with Crippen LogP contribution in [0, 0.1) is 11.8 Å². The second kappa shape index (κ2) is 11.1. The number of benzene rings is 1. The van der Waals surface area contributed by atoms with Crippen LogP contribution in [0.1, 0.15) is 32.1 Å². The molecule has 1 saturated carbocycles. The fraction of sp³-hybridized carbons (Fsp3) is 0.500. The fourth-order valence-electron chi connectivity index (χ4n) is 3.45. The second-order valence-corrected chi connectivity index (χ2v) is 7.33. The first-order valence-corrected chi connectivity index (χ1v) is 9.76. The minimum absolute atomic E-state index is 0.0839. The van der Waals surface area contributed by atoms with Crippen LogP contribution in [0.15, 0.2) is 54.6 Å². The number of aliphatic hydroxyl groups is 2. The zero-order chi connectivity index (χ0) is 21.3. The van der Waals surface area contributed by atoms with Crippen molar-refractivity contribution < 1.29 is 33.6 Å². The molecule has 160 valence electrons. The highest BCUT2D eigenvalue weighted by Gasteiger charge is 2.40. The van der Waals surface area contributed by atoms with Crippen molar-refractivity contribution in [3.8, 4) is 5.75 Å². The Morgan fingerprint density at radius 2 is 1.90 bits per heavy atom. The first-order valence-electron chi connectivity index (χ1n) is 9.76. The van der Waals surface area contributed by atoms with E-state index in [-0.39, 0.29) is 18.8 Å². The Balaban J connectivity index is 1.89. The van der Waals surface area contributed by atoms with E-state index in [9.17, 15) is 23.8 Å². The monoisotopic (exact) mass is 410 g/mol. The van der Waals surface area contributed by atoms with Gasteiger partial charge in [-0.15, -0.1) is 0 Å². The van der Waals surface area contributed by atoms with Crippen molar-refractivity contribution in [1.82, 2.24) is 0 Å². The molecule has 1 aromatic rings. The summed E-state index contributed by atoms with van der Waals surface area (Å²) in [7, 11) is 0. The highest BCUT2D eigenvalue weighted by Crippen LogP contribution is 2.37. The summed E-state index contributed by atoms with van der Waals surface area (Å²) in [5.41, 5.74) is 0. The van der Waals surface area contributed by atoms with Crippen molar-refractivity contribution in [2.75, 3.05) is 6.61 Å². The SMILES string of the molecule is O=C(O)CCC/C=C\CC1[C@@H](/C=C/C(F)(F)COc2ccccc2)[C@H](O)C[C@@H]1O. The van der Waals surface area contributed by atoms with Gasteiger partial charge >= 0.3 is 5.97 Å². The Kier molecular flexibility index (Phi) is 8.79. The summed E-state index contributed by atoms with van der Waals surface area (Å²) in [4.78, 5) is 10.5. The molecule has 0 heterocycles. The van der Waals surface area contributed by atoms with Gasteiger partial charge in [0.2, 0.25) is 0 Å². The zero-order valence-corrected chi connectivity index (χ0v) is 16.2. The van der Waals surface area contributed by atoms with Crippen molar-refractivity contribution in [2.24, 2.45) is 11.8 Å². The standard InChI is InChI=1S/C22H28F2O5/c23-22(24,15-29-16-8-4-3-5-9-16)13-12-18-17(19(25)14-20(18)26)10-6-1-2-7-11-21(27)28/h1,3-6,8-9,12-13,17-20,25-26H,2,7,10-11,14-15H2,(H,27,28)/b6-1-,13-12+/t17?,18-,19+,20-/m1/s1. The van der Waals surface area contributed by atoms with Crippen molar-refractivity contribution in [2.45, 2.75) is 50.2 Å². The van der Waals surface area contributed by atoms with E-state index in [0.29, 0.717) is 25.0 Å². The van der Waals surface area contributed by atoms with Crippen molar-refractivity contribution in [1.29, 1.82) is 0 Å². The van der Waals surface area contributed by atoms with Crippen LogP contribution in [0.4, 0.5) is 8.78 Å². The molecule has 5 nitrogen and oxygen atoms in total. The van der Waals surface area contributed by atoms with Gasteiger partial charge in [-0.3, -0.25) is 4.79 Å². The van der Waals surface area contributed by atoms with Crippen molar-refractivity contribution in [3.05, 3.63) is 54.6 Å². The molecule has 3 N–H and O–H groups in total. The van der Waals surface area contributed by atoms with Gasteiger partial charge in [-0.2, -0.15) is 8.78 Å². The van der Waals surface area contributed by atoms with Gasteiger partial charge in [-0.1, -0.05) is 36.4 Å². The first kappa shape index (κ1) is 23.0. The van der Waals surface area contributed by atoms with Crippen LogP contribution in [0.3, 0.4) is 0 Å². The molecule has 1 aliphatic carbocycles. The van der Waals surface area contributed by atoms with Gasteiger partial charge in [-0.25, -0.2) is 0 Å². The molecule has 0 saturated heterocycles. The average Bonchev–Trinajstić information content (AvgIpc) is 2.94. The van der Waals surface area contributed by atoms with Gasteiger partial charge < -0.3 is 20.1 Å². The number of alkyl halides is 2. The maximum Gasteiger partial charge on any atom is 0.303 e. The lowest BCUT2D eigenvalue weighted by Gasteiger charge is -2.20. The molecule has 0 spiro atoms. The third-order valence-electron chi connectivity index (χ3n) is 4.99. The van der Waals surface area contributed by atoms with Crippen LogP contribution in [0.5, 0.6) is 5.75 Å². The molecule has 1 fully saturated rings. The number of allylic oxidation sites excluding steroid dienone is 2. The molecule has 4 atom stereocenters. The number of halogens is 2. The van der Waals surface area contributed by atoms with E-state index in [2.05, 4.69) is 0 Å². The average molecular weight is 410 g/mol. The quantitative estimate of drug-likeness (QED) is 0.381. The van der Waals surface area contributed by atoms with E-state index in [4.69, 9.17) is 9.84 Å². The fourth-order valence-corrected chi connectivity index (χ4v) is 3.45. The molecule has 0 aliphatic heterocycles. The number of rotatable bonds is 11. The van der Waals surface area contributed by atoms with Crippen LogP contribution >= 0.6 is 0 Å². The van der Waals surface area contributed by atoms with E-state index in [1.54, 1.807) is 30.3 Å². The van der Waals surface area contributed by atoms with E-state index in [1.807, 2.05) is 12.2 Å². The van der Waals surface area contributed by atoms with Crippen molar-refractivity contribution in [3.63, 3.8) is 0 Å². The van der Waals surface area contributed by atoms with Gasteiger partial charge in [0.15, 0.2) is 6.61 Å². The molecule has 0 amide bonds. The molecular weight excluding hydrogens is 382 g/mol. The zero-order valence-electron chi connectivity index (χ0n) is 16.2. The lowest BCUT2D eigenvalue weighted by molar-refractivity contribution is -0.137. The summed E-state index contributed by atoms with van der Waals surface area (Å²) in [6, 6.07) is 8.34. The lowest BCUT2D eigenvalue weighted by Crippen LogP contribution is -2.25. The number of unbranched alkanes of at least 4 members (excludes halogenated alkanes) is 1. The Labute approximate surface area is 169 Å². The third kappa shape index (κ3) is 7.95. The number of hydrogen-bond acceptors (Lipinski definition) is 4. The number of carboxylic acids is 1. The molecule has 0 radical (unpaired) electrons. The molecule has 1 aliphatic rings. The normalized spacial score (nSPS) is 25.1. The topological polar surface area (TPSA) is 87.0 Å². The maximum absolute atomic E-state index is 14.2. The highest BCUT2D eigenvalue weighted by atomic mass is 19.3. The smallest absolute Gasteiger partial charge is 0.303 e. The van der Waals surface area contributed by atoms with Crippen LogP contribution in [0.2, 0.25) is 0 Å². The molecule has 29 heavy (non-hydrogen) atoms. The first-order chi connectivity index (χ1) is 13.8. The number of carboxylic acid groups (broad SMARTS) is 1. The van der Waals surface area contributed by atoms with E-state index < -0.39 is 36.6 Å². The molecule has 1 unspecified atom stereocenters. The highest BCUT2D eigenvalue weighted by molar-refractivity contribution is 5.66. The van der Waals surface area contributed by atoms with Gasteiger partial charge in [0.1, 0.15) is 5.75 Å². The van der Waals surface area contributed by atoms with Gasteiger partial charge in [0.25, 0.3) is 5.92 Å². The van der Waals surface area contributed by atoms with E-state index in [0.717, 1.165) is 6.08 Å². The van der Waals surface area contributed by atoms with E-state index in [1.165, 1.54) is 6.08 Å². The third-order valence-corrected chi connectivity index (χ3v) is 4.99. The number of hydrogen-bond donors (Lipinski definition) is 3. The predicted octanol–water partition coefficient (Wildman–Crippen LogP) is 3.82. The summed E-state index contributed by atoms with van der Waals surface area (Å²) in [5, 5.41) is 28.9. The number of para-hydroxylation sites is 1. The van der Waals surface area contributed by atoms with Crippen LogP contribution < -0.4 is 4.74 Å². The minimum Gasteiger partial charge on any atom is -0.487 e. The summed E-state index contributed by atoms with van der Waals surface area (Å²) in [6.07, 6.45) is 5.73. The Morgan fingerprint density at radius 1 is 1.17 bits per heavy atom. The Hall–Kier alpha value is -2.25. The van der Waals surface area contributed by atoms with Crippen LogP contribution in [-0.2, 0) is 4.79 Å². The molecule has 2 rings (SSSR count). The number of aliphatic hydroxyl groups excluding tert-OH is 2. The minimum atomic E-state index is -3.21. The summed E-state index contributed by atoms with van der Waals surface area (Å²) in [5.74, 6) is -4.67. The largest absolute Gasteiger partial charge is 0.487 e.